The Bertz CT molecular complexity index is 192. The molecule has 0 unspecified atom stereocenters. The molecule has 0 fully saturated rings. The van der Waals surface area contributed by atoms with E-state index in [1.54, 1.807) is 0 Å². The van der Waals surface area contributed by atoms with Gasteiger partial charge in [-0.25, -0.2) is 0 Å². The number of hydrogen-bond acceptors (Lipinski definition) is 2. The minimum atomic E-state index is -0.0850. The van der Waals surface area contributed by atoms with Gasteiger partial charge in [-0.3, -0.25) is 4.79 Å². The summed E-state index contributed by atoms with van der Waals surface area (Å²) in [5.74, 6) is -0.0850. The van der Waals surface area contributed by atoms with Crippen molar-refractivity contribution in [1.29, 1.82) is 0 Å². The molecule has 0 amide bonds. The van der Waals surface area contributed by atoms with Crippen LogP contribution in [0.15, 0.2) is 11.6 Å². The Hall–Kier alpha value is -0.790. The van der Waals surface area contributed by atoms with E-state index in [2.05, 4.69) is 6.08 Å². The lowest BCUT2D eigenvalue weighted by molar-refractivity contribution is -0.146. The van der Waals surface area contributed by atoms with Crippen molar-refractivity contribution in [2.45, 2.75) is 45.6 Å². The van der Waals surface area contributed by atoms with Gasteiger partial charge in [-0.2, -0.15) is 0 Å². The molecule has 0 spiro atoms. The van der Waals surface area contributed by atoms with Crippen molar-refractivity contribution in [3.8, 4) is 0 Å². The summed E-state index contributed by atoms with van der Waals surface area (Å²) in [5.41, 5.74) is 1.25. The van der Waals surface area contributed by atoms with E-state index in [0.717, 1.165) is 12.8 Å². The fourth-order valence-electron chi connectivity index (χ4n) is 1.39. The lowest BCUT2D eigenvalue weighted by Crippen LogP contribution is -2.11. The number of rotatable bonds is 3. The summed E-state index contributed by atoms with van der Waals surface area (Å²) in [7, 11) is 0. The Kier molecular flexibility index (Phi) is 3.32. The van der Waals surface area contributed by atoms with Gasteiger partial charge in [0.2, 0.25) is 0 Å². The van der Waals surface area contributed by atoms with E-state index in [0.29, 0.717) is 6.42 Å². The van der Waals surface area contributed by atoms with Crippen LogP contribution in [0.5, 0.6) is 0 Å². The topological polar surface area (TPSA) is 26.3 Å². The molecule has 2 heteroatoms. The highest BCUT2D eigenvalue weighted by Crippen LogP contribution is 2.20. The summed E-state index contributed by atoms with van der Waals surface area (Å²) < 4.78 is 5.03. The number of carbonyl (C=O) groups is 1. The zero-order valence-corrected chi connectivity index (χ0v) is 7.80. The van der Waals surface area contributed by atoms with Gasteiger partial charge in [0.25, 0.3) is 0 Å². The van der Waals surface area contributed by atoms with Crippen molar-refractivity contribution in [1.82, 2.24) is 0 Å². The third kappa shape index (κ3) is 3.07. The highest BCUT2D eigenvalue weighted by atomic mass is 16.5. The average Bonchev–Trinajstić information content (AvgIpc) is 2.37. The highest BCUT2D eigenvalue weighted by molar-refractivity contribution is 5.72. The first kappa shape index (κ1) is 9.30. The molecule has 0 bridgehead atoms. The fourth-order valence-corrected chi connectivity index (χ4v) is 1.39. The van der Waals surface area contributed by atoms with Gasteiger partial charge in [0.1, 0.15) is 0 Å². The predicted octanol–water partition coefficient (Wildman–Crippen LogP) is 2.44. The maximum atomic E-state index is 11.1. The third-order valence-electron chi connectivity index (χ3n) is 1.87. The fraction of sp³-hybridized carbons (Fsp3) is 0.700. The molecule has 68 valence electrons. The molecule has 0 N–H and O–H groups in total. The molecule has 0 saturated heterocycles. The van der Waals surface area contributed by atoms with Crippen molar-refractivity contribution in [2.24, 2.45) is 0 Å². The quantitative estimate of drug-likeness (QED) is 0.478. The van der Waals surface area contributed by atoms with Crippen LogP contribution in [0, 0.1) is 0 Å². The van der Waals surface area contributed by atoms with Crippen LogP contribution in [0.25, 0.3) is 0 Å². The molecule has 0 heterocycles. The summed E-state index contributed by atoms with van der Waals surface area (Å²) in [6.45, 7) is 3.75. The molecule has 0 atom stereocenters. The van der Waals surface area contributed by atoms with Crippen LogP contribution in [0.3, 0.4) is 0 Å². The van der Waals surface area contributed by atoms with Crippen LogP contribution in [0.4, 0.5) is 0 Å². The Morgan fingerprint density at radius 2 is 2.42 bits per heavy atom. The minimum absolute atomic E-state index is 0.0134. The van der Waals surface area contributed by atoms with Crippen molar-refractivity contribution in [2.75, 3.05) is 0 Å². The van der Waals surface area contributed by atoms with Gasteiger partial charge < -0.3 is 4.74 Å². The maximum absolute atomic E-state index is 11.1. The number of ether oxygens (including phenoxy) is 1. The van der Waals surface area contributed by atoms with E-state index in [9.17, 15) is 4.79 Å². The van der Waals surface area contributed by atoms with Gasteiger partial charge in [0.15, 0.2) is 0 Å². The number of esters is 1. The van der Waals surface area contributed by atoms with Crippen LogP contribution >= 0.6 is 0 Å². The van der Waals surface area contributed by atoms with E-state index >= 15 is 0 Å². The van der Waals surface area contributed by atoms with Gasteiger partial charge >= 0.3 is 5.97 Å². The smallest absolute Gasteiger partial charge is 0.310 e. The molecule has 2 nitrogen and oxygen atoms in total. The van der Waals surface area contributed by atoms with Crippen LogP contribution in [0.1, 0.15) is 39.5 Å². The molecule has 1 aliphatic carbocycles. The second-order valence-electron chi connectivity index (χ2n) is 3.47. The maximum Gasteiger partial charge on any atom is 0.310 e. The van der Waals surface area contributed by atoms with Crippen molar-refractivity contribution in [3.05, 3.63) is 11.6 Å². The summed E-state index contributed by atoms with van der Waals surface area (Å²) >= 11 is 0. The SMILES string of the molecule is CC(C)OC(=O)CC1=CCCC1. The second-order valence-corrected chi connectivity index (χ2v) is 3.47. The van der Waals surface area contributed by atoms with E-state index in [1.165, 1.54) is 12.0 Å². The highest BCUT2D eigenvalue weighted by Gasteiger charge is 2.11. The Morgan fingerprint density at radius 3 is 2.92 bits per heavy atom. The second kappa shape index (κ2) is 4.29. The lowest BCUT2D eigenvalue weighted by Gasteiger charge is -2.07. The number of hydrogen-bond donors (Lipinski definition) is 0. The van der Waals surface area contributed by atoms with Gasteiger partial charge in [-0.15, -0.1) is 0 Å². The van der Waals surface area contributed by atoms with E-state index in [4.69, 9.17) is 4.74 Å². The Labute approximate surface area is 73.6 Å². The van der Waals surface area contributed by atoms with Gasteiger partial charge in [-0.1, -0.05) is 11.6 Å². The van der Waals surface area contributed by atoms with Crippen molar-refractivity contribution >= 4 is 5.97 Å². The zero-order chi connectivity index (χ0) is 8.97. The molecule has 0 saturated carbocycles. The largest absolute Gasteiger partial charge is 0.463 e. The van der Waals surface area contributed by atoms with Gasteiger partial charge in [0.05, 0.1) is 12.5 Å². The number of carbonyl (C=O) groups excluding carboxylic acids is 1. The van der Waals surface area contributed by atoms with Crippen LogP contribution < -0.4 is 0 Å². The summed E-state index contributed by atoms with van der Waals surface area (Å²) in [6, 6.07) is 0. The van der Waals surface area contributed by atoms with Gasteiger partial charge in [-0.05, 0) is 33.1 Å². The molecular formula is C10H16O2. The normalized spacial score (nSPS) is 16.4. The van der Waals surface area contributed by atoms with Crippen LogP contribution in [-0.4, -0.2) is 12.1 Å². The third-order valence-corrected chi connectivity index (χ3v) is 1.87. The molecule has 12 heavy (non-hydrogen) atoms. The Morgan fingerprint density at radius 1 is 1.67 bits per heavy atom. The minimum Gasteiger partial charge on any atom is -0.463 e. The zero-order valence-electron chi connectivity index (χ0n) is 7.80. The first-order valence-corrected chi connectivity index (χ1v) is 4.56. The molecule has 0 radical (unpaired) electrons. The Balaban J connectivity index is 2.26. The lowest BCUT2D eigenvalue weighted by atomic mass is 10.2. The molecule has 0 aromatic heterocycles. The standard InChI is InChI=1S/C10H16O2/c1-8(2)12-10(11)7-9-5-3-4-6-9/h5,8H,3-4,6-7H2,1-2H3. The van der Waals surface area contributed by atoms with Crippen molar-refractivity contribution in [3.63, 3.8) is 0 Å². The van der Waals surface area contributed by atoms with Crippen molar-refractivity contribution < 1.29 is 9.53 Å². The van der Waals surface area contributed by atoms with Crippen LogP contribution in [-0.2, 0) is 9.53 Å². The average molecular weight is 168 g/mol. The molecule has 1 rings (SSSR count). The summed E-state index contributed by atoms with van der Waals surface area (Å²) in [5, 5.41) is 0. The van der Waals surface area contributed by atoms with Gasteiger partial charge in [0, 0.05) is 0 Å². The monoisotopic (exact) mass is 168 g/mol. The van der Waals surface area contributed by atoms with E-state index in [-0.39, 0.29) is 12.1 Å². The summed E-state index contributed by atoms with van der Waals surface area (Å²) in [6.07, 6.45) is 6.07. The first-order chi connectivity index (χ1) is 5.68. The first-order valence-electron chi connectivity index (χ1n) is 4.56. The van der Waals surface area contributed by atoms with E-state index < -0.39 is 0 Å². The molecule has 0 aliphatic heterocycles. The molecular weight excluding hydrogens is 152 g/mol. The predicted molar refractivity (Wildman–Crippen MR) is 47.8 cm³/mol. The molecule has 0 aromatic carbocycles. The summed E-state index contributed by atoms with van der Waals surface area (Å²) in [4.78, 5) is 11.1. The van der Waals surface area contributed by atoms with Crippen LogP contribution in [0.2, 0.25) is 0 Å². The number of allylic oxidation sites excluding steroid dienone is 1. The molecule has 0 aromatic rings. The van der Waals surface area contributed by atoms with E-state index in [1.807, 2.05) is 13.8 Å². The molecule has 1 aliphatic rings.